The predicted octanol–water partition coefficient (Wildman–Crippen LogP) is 1.99. The van der Waals surface area contributed by atoms with Gasteiger partial charge in [0.05, 0.1) is 22.5 Å². The maximum Gasteiger partial charge on any atom is 0.263 e. The van der Waals surface area contributed by atoms with Gasteiger partial charge in [0.25, 0.3) is 10.0 Å². The number of nitrogen functional groups attached to an aromatic ring is 1. The topological polar surface area (TPSA) is 109 Å². The van der Waals surface area contributed by atoms with Crippen molar-refractivity contribution in [3.05, 3.63) is 47.2 Å². The molecule has 0 saturated heterocycles. The van der Waals surface area contributed by atoms with Crippen LogP contribution in [0.3, 0.4) is 0 Å². The summed E-state index contributed by atoms with van der Waals surface area (Å²) in [6.45, 7) is 0. The average molecular weight is 309 g/mol. The van der Waals surface area contributed by atoms with Crippen LogP contribution >= 0.6 is 11.6 Å². The maximum atomic E-state index is 12.3. The van der Waals surface area contributed by atoms with E-state index in [1.54, 1.807) is 6.07 Å². The Morgan fingerprint density at radius 1 is 1.35 bits per heavy atom. The van der Waals surface area contributed by atoms with Gasteiger partial charge < -0.3 is 5.73 Å². The Bertz CT molecular complexity index is 799. The van der Waals surface area contributed by atoms with Crippen LogP contribution in [0.2, 0.25) is 5.02 Å². The van der Waals surface area contributed by atoms with E-state index in [9.17, 15) is 8.42 Å². The first-order chi connectivity index (χ1) is 9.44. The van der Waals surface area contributed by atoms with Crippen molar-refractivity contribution < 1.29 is 8.42 Å². The molecule has 0 fully saturated rings. The highest BCUT2D eigenvalue weighted by molar-refractivity contribution is 7.92. The van der Waals surface area contributed by atoms with Crippen LogP contribution in [0, 0.1) is 11.3 Å². The standard InChI is InChI=1S/C12H9ClN4O2S/c13-10-3-4-16-7-11(10)17-20(18,19)12-2-1-9(15)5-8(12)6-14/h1-5,7,17H,15H2. The Morgan fingerprint density at radius 3 is 2.75 bits per heavy atom. The van der Waals surface area contributed by atoms with E-state index in [1.165, 1.54) is 36.7 Å². The molecule has 102 valence electrons. The van der Waals surface area contributed by atoms with Gasteiger partial charge in [-0.3, -0.25) is 9.71 Å². The second-order valence-electron chi connectivity index (χ2n) is 3.83. The second kappa shape index (κ2) is 5.36. The van der Waals surface area contributed by atoms with E-state index < -0.39 is 10.0 Å². The molecule has 0 radical (unpaired) electrons. The van der Waals surface area contributed by atoms with Crippen LogP contribution in [0.25, 0.3) is 0 Å². The van der Waals surface area contributed by atoms with Gasteiger partial charge in [0.1, 0.15) is 11.0 Å². The van der Waals surface area contributed by atoms with Crippen LogP contribution in [0.4, 0.5) is 11.4 Å². The molecule has 1 aromatic heterocycles. The largest absolute Gasteiger partial charge is 0.399 e. The third-order valence-electron chi connectivity index (χ3n) is 2.43. The summed E-state index contributed by atoms with van der Waals surface area (Å²) < 4.78 is 26.8. The SMILES string of the molecule is N#Cc1cc(N)ccc1S(=O)(=O)Nc1cnccc1Cl. The number of hydrogen-bond donors (Lipinski definition) is 2. The van der Waals surface area contributed by atoms with Crippen molar-refractivity contribution >= 4 is 33.0 Å². The number of anilines is 2. The molecule has 0 aliphatic carbocycles. The van der Waals surface area contributed by atoms with Crippen LogP contribution in [0.15, 0.2) is 41.6 Å². The van der Waals surface area contributed by atoms with E-state index in [-0.39, 0.29) is 21.2 Å². The van der Waals surface area contributed by atoms with Crippen molar-refractivity contribution in [3.63, 3.8) is 0 Å². The van der Waals surface area contributed by atoms with Crippen molar-refractivity contribution in [1.29, 1.82) is 5.26 Å². The minimum absolute atomic E-state index is 0.0440. The van der Waals surface area contributed by atoms with Crippen molar-refractivity contribution in [2.24, 2.45) is 0 Å². The Hall–Kier alpha value is -2.30. The number of sulfonamides is 1. The smallest absolute Gasteiger partial charge is 0.263 e. The van der Waals surface area contributed by atoms with Gasteiger partial charge in [-0.25, -0.2) is 8.42 Å². The lowest BCUT2D eigenvalue weighted by atomic mass is 10.2. The van der Waals surface area contributed by atoms with Crippen LogP contribution < -0.4 is 10.5 Å². The fourth-order valence-corrected chi connectivity index (χ4v) is 2.93. The van der Waals surface area contributed by atoms with Crippen molar-refractivity contribution in [1.82, 2.24) is 4.98 Å². The lowest BCUT2D eigenvalue weighted by Crippen LogP contribution is -2.15. The Morgan fingerprint density at radius 2 is 2.10 bits per heavy atom. The van der Waals surface area contributed by atoms with Gasteiger partial charge in [-0.05, 0) is 24.3 Å². The molecule has 0 spiro atoms. The molecule has 0 aliphatic rings. The first kappa shape index (κ1) is 14.1. The summed E-state index contributed by atoms with van der Waals surface area (Å²) in [6, 6.07) is 7.21. The Kier molecular flexibility index (Phi) is 3.79. The number of nitrogens with zero attached hydrogens (tertiary/aromatic N) is 2. The molecule has 6 nitrogen and oxygen atoms in total. The number of aromatic nitrogens is 1. The average Bonchev–Trinajstić information content (AvgIpc) is 2.40. The number of nitrogens with two attached hydrogens (primary N) is 1. The predicted molar refractivity (Wildman–Crippen MR) is 75.6 cm³/mol. The Balaban J connectivity index is 2.47. The minimum Gasteiger partial charge on any atom is -0.399 e. The summed E-state index contributed by atoms with van der Waals surface area (Å²) in [5, 5.41) is 9.20. The van der Waals surface area contributed by atoms with Crippen LogP contribution in [-0.2, 0) is 10.0 Å². The molecule has 2 rings (SSSR count). The molecular weight excluding hydrogens is 300 g/mol. The lowest BCUT2D eigenvalue weighted by Gasteiger charge is -2.10. The summed E-state index contributed by atoms with van der Waals surface area (Å²) in [4.78, 5) is 3.61. The van der Waals surface area contributed by atoms with Gasteiger partial charge in [0.2, 0.25) is 0 Å². The molecule has 1 heterocycles. The molecule has 0 aliphatic heterocycles. The first-order valence-corrected chi connectivity index (χ1v) is 7.22. The normalized spacial score (nSPS) is 10.8. The zero-order chi connectivity index (χ0) is 14.8. The molecule has 0 bridgehead atoms. The number of nitriles is 1. The number of nitrogens with one attached hydrogen (secondary N) is 1. The van der Waals surface area contributed by atoms with E-state index >= 15 is 0 Å². The fraction of sp³-hybridized carbons (Fsp3) is 0. The third-order valence-corrected chi connectivity index (χ3v) is 4.18. The van der Waals surface area contributed by atoms with Gasteiger partial charge in [-0.2, -0.15) is 5.26 Å². The zero-order valence-corrected chi connectivity index (χ0v) is 11.6. The number of pyridine rings is 1. The van der Waals surface area contributed by atoms with E-state index in [4.69, 9.17) is 22.6 Å². The lowest BCUT2D eigenvalue weighted by molar-refractivity contribution is 0.601. The summed E-state index contributed by atoms with van der Waals surface area (Å²) in [5.41, 5.74) is 5.92. The second-order valence-corrected chi connectivity index (χ2v) is 5.89. The first-order valence-electron chi connectivity index (χ1n) is 5.36. The van der Waals surface area contributed by atoms with E-state index in [0.717, 1.165) is 0 Å². The number of halogens is 1. The van der Waals surface area contributed by atoms with Crippen LogP contribution in [0.5, 0.6) is 0 Å². The molecule has 1 aromatic carbocycles. The van der Waals surface area contributed by atoms with Crippen molar-refractivity contribution in [2.75, 3.05) is 10.5 Å². The number of benzene rings is 1. The minimum atomic E-state index is -3.95. The van der Waals surface area contributed by atoms with Gasteiger partial charge in [-0.1, -0.05) is 11.6 Å². The molecule has 8 heteroatoms. The van der Waals surface area contributed by atoms with E-state index in [0.29, 0.717) is 5.69 Å². The summed E-state index contributed by atoms with van der Waals surface area (Å²) >= 11 is 5.86. The highest BCUT2D eigenvalue weighted by atomic mass is 35.5. The van der Waals surface area contributed by atoms with Gasteiger partial charge >= 0.3 is 0 Å². The van der Waals surface area contributed by atoms with Crippen molar-refractivity contribution in [3.8, 4) is 6.07 Å². The molecule has 0 amide bonds. The molecule has 0 atom stereocenters. The zero-order valence-electron chi connectivity index (χ0n) is 10.0. The summed E-state index contributed by atoms with van der Waals surface area (Å²) in [7, 11) is -3.95. The third kappa shape index (κ3) is 2.82. The highest BCUT2D eigenvalue weighted by Gasteiger charge is 2.20. The molecule has 0 unspecified atom stereocenters. The molecule has 20 heavy (non-hydrogen) atoms. The monoisotopic (exact) mass is 308 g/mol. The summed E-state index contributed by atoms with van der Waals surface area (Å²) in [6.07, 6.45) is 2.72. The molecule has 0 saturated carbocycles. The highest BCUT2D eigenvalue weighted by Crippen LogP contribution is 2.25. The van der Waals surface area contributed by atoms with Crippen molar-refractivity contribution in [2.45, 2.75) is 4.90 Å². The van der Waals surface area contributed by atoms with Crippen LogP contribution in [-0.4, -0.2) is 13.4 Å². The quantitative estimate of drug-likeness (QED) is 0.843. The fourth-order valence-electron chi connectivity index (χ4n) is 1.52. The van der Waals surface area contributed by atoms with Gasteiger partial charge in [-0.15, -0.1) is 0 Å². The molecular formula is C12H9ClN4O2S. The van der Waals surface area contributed by atoms with E-state index in [2.05, 4.69) is 9.71 Å². The maximum absolute atomic E-state index is 12.3. The van der Waals surface area contributed by atoms with Gasteiger partial charge in [0.15, 0.2) is 0 Å². The van der Waals surface area contributed by atoms with Crippen LogP contribution in [0.1, 0.15) is 5.56 Å². The summed E-state index contributed by atoms with van der Waals surface area (Å²) in [5.74, 6) is 0. The molecule has 2 aromatic rings. The van der Waals surface area contributed by atoms with Gasteiger partial charge in [0, 0.05) is 11.9 Å². The molecule has 3 N–H and O–H groups in total. The number of hydrogen-bond acceptors (Lipinski definition) is 5. The number of rotatable bonds is 3. The Labute approximate surface area is 120 Å². The van der Waals surface area contributed by atoms with E-state index in [1.807, 2.05) is 0 Å².